The summed E-state index contributed by atoms with van der Waals surface area (Å²) < 4.78 is 1.98. The van der Waals surface area contributed by atoms with E-state index in [1.165, 1.54) is 0 Å². The number of rotatable bonds is 3. The van der Waals surface area contributed by atoms with Crippen LogP contribution in [0.3, 0.4) is 0 Å². The van der Waals surface area contributed by atoms with E-state index in [0.717, 1.165) is 26.3 Å². The van der Waals surface area contributed by atoms with Gasteiger partial charge in [-0.2, -0.15) is 9.78 Å². The number of amides is 1. The maximum atomic E-state index is 12.6. The highest BCUT2D eigenvalue weighted by Crippen LogP contribution is 2.22. The van der Waals surface area contributed by atoms with Crippen LogP contribution in [-0.4, -0.2) is 20.8 Å². The lowest BCUT2D eigenvalue weighted by Gasteiger charge is -2.11. The van der Waals surface area contributed by atoms with Crippen LogP contribution < -0.4 is 10.9 Å². The number of nitrogens with zero attached hydrogens (tertiary/aromatic N) is 2. The SMILES string of the molecule is Cc1cccc(-n2nc(C(=O)Nc3ccc(Br)cc3C)c(O)cc2=O)c1. The molecule has 1 aromatic heterocycles. The predicted octanol–water partition coefficient (Wildman–Crippen LogP) is 3.57. The summed E-state index contributed by atoms with van der Waals surface area (Å²) in [4.78, 5) is 24.8. The Bertz CT molecular complexity index is 1060. The number of halogens is 1. The van der Waals surface area contributed by atoms with Gasteiger partial charge in [-0.15, -0.1) is 0 Å². The van der Waals surface area contributed by atoms with Gasteiger partial charge < -0.3 is 10.4 Å². The number of anilines is 1. The van der Waals surface area contributed by atoms with Crippen LogP contribution in [0.2, 0.25) is 0 Å². The molecule has 0 bridgehead atoms. The van der Waals surface area contributed by atoms with Crippen LogP contribution in [-0.2, 0) is 0 Å². The van der Waals surface area contributed by atoms with Gasteiger partial charge in [0, 0.05) is 16.2 Å². The minimum Gasteiger partial charge on any atom is -0.505 e. The molecule has 0 spiro atoms. The Labute approximate surface area is 158 Å². The van der Waals surface area contributed by atoms with Crippen molar-refractivity contribution in [1.29, 1.82) is 0 Å². The monoisotopic (exact) mass is 413 g/mol. The summed E-state index contributed by atoms with van der Waals surface area (Å²) in [6.45, 7) is 3.74. The van der Waals surface area contributed by atoms with Gasteiger partial charge in [-0.05, 0) is 55.3 Å². The highest BCUT2D eigenvalue weighted by molar-refractivity contribution is 9.10. The van der Waals surface area contributed by atoms with Gasteiger partial charge in [-0.3, -0.25) is 9.59 Å². The maximum absolute atomic E-state index is 12.6. The number of carbonyl (C=O) groups is 1. The van der Waals surface area contributed by atoms with Crippen molar-refractivity contribution in [2.45, 2.75) is 13.8 Å². The van der Waals surface area contributed by atoms with Crippen molar-refractivity contribution >= 4 is 27.5 Å². The fraction of sp³-hybridized carbons (Fsp3) is 0.105. The summed E-state index contributed by atoms with van der Waals surface area (Å²) in [6, 6.07) is 13.5. The fourth-order valence-electron chi connectivity index (χ4n) is 2.50. The Kier molecular flexibility index (Phi) is 4.90. The molecule has 0 unspecified atom stereocenters. The normalized spacial score (nSPS) is 10.6. The van der Waals surface area contributed by atoms with E-state index in [1.54, 1.807) is 30.3 Å². The molecule has 1 heterocycles. The van der Waals surface area contributed by atoms with Crippen molar-refractivity contribution < 1.29 is 9.90 Å². The van der Waals surface area contributed by atoms with E-state index in [9.17, 15) is 14.7 Å². The third-order valence-electron chi connectivity index (χ3n) is 3.81. The van der Waals surface area contributed by atoms with E-state index in [2.05, 4.69) is 26.3 Å². The molecule has 0 saturated heterocycles. The summed E-state index contributed by atoms with van der Waals surface area (Å²) in [5.74, 6) is -1.07. The quantitative estimate of drug-likeness (QED) is 0.687. The zero-order valence-electron chi connectivity index (χ0n) is 14.2. The molecule has 0 saturated carbocycles. The first kappa shape index (κ1) is 17.9. The molecule has 0 aliphatic rings. The number of hydrogen-bond donors (Lipinski definition) is 2. The Hall–Kier alpha value is -2.93. The van der Waals surface area contributed by atoms with Crippen molar-refractivity contribution in [2.24, 2.45) is 0 Å². The average molecular weight is 414 g/mol. The molecule has 1 amide bonds. The summed E-state index contributed by atoms with van der Waals surface area (Å²) >= 11 is 3.37. The third kappa shape index (κ3) is 3.67. The molecule has 3 aromatic rings. The minimum atomic E-state index is -0.602. The zero-order valence-corrected chi connectivity index (χ0v) is 15.7. The smallest absolute Gasteiger partial charge is 0.279 e. The van der Waals surface area contributed by atoms with Gasteiger partial charge >= 0.3 is 0 Å². The van der Waals surface area contributed by atoms with Crippen LogP contribution in [0.5, 0.6) is 5.75 Å². The Balaban J connectivity index is 2.00. The fourth-order valence-corrected chi connectivity index (χ4v) is 2.98. The van der Waals surface area contributed by atoms with Crippen molar-refractivity contribution in [3.8, 4) is 11.4 Å². The van der Waals surface area contributed by atoms with Gasteiger partial charge in [0.1, 0.15) is 0 Å². The van der Waals surface area contributed by atoms with Crippen molar-refractivity contribution in [3.63, 3.8) is 0 Å². The number of aromatic nitrogens is 2. The number of aryl methyl sites for hydroxylation is 2. The largest absolute Gasteiger partial charge is 0.505 e. The van der Waals surface area contributed by atoms with Crippen LogP contribution >= 0.6 is 15.9 Å². The highest BCUT2D eigenvalue weighted by Gasteiger charge is 2.18. The van der Waals surface area contributed by atoms with Crippen LogP contribution in [0, 0.1) is 13.8 Å². The second-order valence-electron chi connectivity index (χ2n) is 5.88. The number of carbonyl (C=O) groups excluding carboxylic acids is 1. The van der Waals surface area contributed by atoms with E-state index in [-0.39, 0.29) is 5.69 Å². The molecule has 0 aliphatic heterocycles. The van der Waals surface area contributed by atoms with E-state index >= 15 is 0 Å². The molecule has 6 nitrogen and oxygen atoms in total. The van der Waals surface area contributed by atoms with E-state index in [0.29, 0.717) is 11.4 Å². The summed E-state index contributed by atoms with van der Waals surface area (Å²) in [6.07, 6.45) is 0. The van der Waals surface area contributed by atoms with Gasteiger partial charge in [-0.1, -0.05) is 28.1 Å². The Morgan fingerprint density at radius 2 is 1.92 bits per heavy atom. The Morgan fingerprint density at radius 1 is 1.15 bits per heavy atom. The Morgan fingerprint density at radius 3 is 2.62 bits per heavy atom. The summed E-state index contributed by atoms with van der Waals surface area (Å²) in [7, 11) is 0. The van der Waals surface area contributed by atoms with Crippen molar-refractivity contribution in [1.82, 2.24) is 9.78 Å². The number of hydrogen-bond acceptors (Lipinski definition) is 4. The molecule has 0 fully saturated rings. The molecule has 2 N–H and O–H groups in total. The molecule has 3 rings (SSSR count). The maximum Gasteiger partial charge on any atom is 0.279 e. The van der Waals surface area contributed by atoms with Crippen LogP contribution in [0.15, 0.2) is 57.8 Å². The van der Waals surface area contributed by atoms with E-state index in [1.807, 2.05) is 26.0 Å². The molecular formula is C19H16BrN3O3. The van der Waals surface area contributed by atoms with E-state index < -0.39 is 17.2 Å². The van der Waals surface area contributed by atoms with E-state index in [4.69, 9.17) is 0 Å². The topological polar surface area (TPSA) is 84.2 Å². The molecule has 26 heavy (non-hydrogen) atoms. The van der Waals surface area contributed by atoms with Gasteiger partial charge in [0.25, 0.3) is 11.5 Å². The second kappa shape index (κ2) is 7.13. The molecule has 0 radical (unpaired) electrons. The lowest BCUT2D eigenvalue weighted by Crippen LogP contribution is -2.25. The second-order valence-corrected chi connectivity index (χ2v) is 6.80. The minimum absolute atomic E-state index is 0.228. The molecular weight excluding hydrogens is 398 g/mol. The lowest BCUT2D eigenvalue weighted by atomic mass is 10.2. The molecule has 0 aliphatic carbocycles. The van der Waals surface area contributed by atoms with Gasteiger partial charge in [-0.25, -0.2) is 0 Å². The zero-order chi connectivity index (χ0) is 18.8. The first-order valence-electron chi connectivity index (χ1n) is 7.83. The first-order chi connectivity index (χ1) is 12.3. The van der Waals surface area contributed by atoms with Gasteiger partial charge in [0.15, 0.2) is 11.4 Å². The number of benzene rings is 2. The average Bonchev–Trinajstić information content (AvgIpc) is 2.57. The highest BCUT2D eigenvalue weighted by atomic mass is 79.9. The molecule has 7 heteroatoms. The standard InChI is InChI=1S/C19H16BrN3O3/c1-11-4-3-5-14(8-11)23-17(25)10-16(24)18(22-23)19(26)21-15-7-6-13(20)9-12(15)2/h3-10,24H,1-2H3,(H,21,26). The van der Waals surface area contributed by atoms with Gasteiger partial charge in [0.05, 0.1) is 5.69 Å². The molecule has 132 valence electrons. The third-order valence-corrected chi connectivity index (χ3v) is 4.30. The summed E-state index contributed by atoms with van der Waals surface area (Å²) in [5, 5.41) is 16.8. The van der Waals surface area contributed by atoms with Crippen molar-refractivity contribution in [3.05, 3.63) is 80.2 Å². The van der Waals surface area contributed by atoms with Gasteiger partial charge in [0.2, 0.25) is 0 Å². The van der Waals surface area contributed by atoms with Crippen LogP contribution in [0.4, 0.5) is 5.69 Å². The molecule has 2 aromatic carbocycles. The number of nitrogens with one attached hydrogen (secondary N) is 1. The summed E-state index contributed by atoms with van der Waals surface area (Å²) in [5.41, 5.74) is 2.15. The first-order valence-corrected chi connectivity index (χ1v) is 8.62. The predicted molar refractivity (Wildman–Crippen MR) is 103 cm³/mol. The van der Waals surface area contributed by atoms with Crippen LogP contribution in [0.1, 0.15) is 21.6 Å². The van der Waals surface area contributed by atoms with Crippen LogP contribution in [0.25, 0.3) is 5.69 Å². The lowest BCUT2D eigenvalue weighted by molar-refractivity contribution is 0.101. The van der Waals surface area contributed by atoms with Crippen molar-refractivity contribution in [2.75, 3.05) is 5.32 Å². The molecule has 0 atom stereocenters. The number of aromatic hydroxyl groups is 1.